The fourth-order valence-corrected chi connectivity index (χ4v) is 9.28. The number of alkyl carbamates (subject to hydrolysis) is 1. The number of ether oxygens (including phenoxy) is 2. The molecular weight excluding hydrogens is 833 g/mol. The number of benzene rings is 3. The van der Waals surface area contributed by atoms with E-state index >= 15 is 0 Å². The first-order chi connectivity index (χ1) is 30.6. The Kier molecular flexibility index (Phi) is 14.1. The van der Waals surface area contributed by atoms with Crippen LogP contribution in [-0.4, -0.2) is 109 Å². The standard InChI is InChI=1S/C48H58N8O7S/c1-28(2)40(53-46(59)60)44(57)56-26-35(64-7)22-39(56)43-50-24-37(52-43)33-19-15-31(16-20-33)30-13-17-32(18-14-30)36-23-49-42(51-36)38-21-29(27-62-6)25-55(38)45(58)41(34-11-9-8-10-12-34)54-47(61)63-48(3,4)5/h8-20,23-24,28-29,35,38-41,53H,21-22,25-27H2,1-7H3,(H,49,51)(H,50,52)(H,54,61)(H,59,60)/t29-,35-,38-,39-,40-,41+/m0/s1. The predicted molar refractivity (Wildman–Crippen MR) is 246 cm³/mol. The van der Waals surface area contributed by atoms with Crippen molar-refractivity contribution in [3.63, 3.8) is 0 Å². The number of amides is 4. The minimum atomic E-state index is -1.22. The number of H-pyrrole nitrogens is 2. The Hall–Kier alpha value is -6.13. The van der Waals surface area contributed by atoms with Gasteiger partial charge in [0.2, 0.25) is 5.91 Å². The predicted octanol–water partition coefficient (Wildman–Crippen LogP) is 8.23. The zero-order valence-electron chi connectivity index (χ0n) is 37.3. The molecule has 2 fully saturated rings. The lowest BCUT2D eigenvalue weighted by Gasteiger charge is -2.29. The molecule has 2 saturated heterocycles. The van der Waals surface area contributed by atoms with Gasteiger partial charge in [0.1, 0.15) is 29.3 Å². The number of aromatic amines is 2. The molecule has 0 aliphatic carbocycles. The molecule has 338 valence electrons. The van der Waals surface area contributed by atoms with Crippen LogP contribution in [0.2, 0.25) is 0 Å². The first-order valence-corrected chi connectivity index (χ1v) is 22.9. The van der Waals surface area contributed by atoms with Gasteiger partial charge in [-0.15, -0.1) is 0 Å². The zero-order chi connectivity index (χ0) is 45.7. The van der Waals surface area contributed by atoms with Crippen LogP contribution in [-0.2, 0) is 19.1 Å². The van der Waals surface area contributed by atoms with E-state index in [9.17, 15) is 24.3 Å². The highest BCUT2D eigenvalue weighted by molar-refractivity contribution is 7.99. The number of imidazole rings is 2. The third-order valence-electron chi connectivity index (χ3n) is 11.8. The van der Waals surface area contributed by atoms with Crippen LogP contribution < -0.4 is 10.6 Å². The van der Waals surface area contributed by atoms with Gasteiger partial charge >= 0.3 is 12.2 Å². The molecule has 3 aromatic carbocycles. The number of hydrogen-bond acceptors (Lipinski definition) is 9. The second-order valence-corrected chi connectivity index (χ2v) is 19.0. The Morgan fingerprint density at radius 2 is 1.31 bits per heavy atom. The van der Waals surface area contributed by atoms with E-state index < -0.39 is 29.9 Å². The average molecular weight is 891 g/mol. The summed E-state index contributed by atoms with van der Waals surface area (Å²) < 4.78 is 11.1. The summed E-state index contributed by atoms with van der Waals surface area (Å²) in [6, 6.07) is 23.1. The number of nitrogens with one attached hydrogen (secondary N) is 4. The molecule has 4 amide bonds. The lowest BCUT2D eigenvalue weighted by atomic mass is 10.0. The number of methoxy groups -OCH3 is 1. The molecule has 0 spiro atoms. The van der Waals surface area contributed by atoms with Crippen molar-refractivity contribution in [2.45, 2.75) is 82.5 Å². The van der Waals surface area contributed by atoms with E-state index in [-0.39, 0.29) is 41.0 Å². The van der Waals surface area contributed by atoms with Crippen LogP contribution in [0.25, 0.3) is 33.6 Å². The SMILES string of the molecule is COC[C@H]1C[C@@H](c2ncc(-c3ccc(-c4ccc(-c5cnc([C@@H]6C[C@H](SC)CN6C(=O)[C@@H](NC(=O)O)C(C)C)[nH]5)cc4)cc3)[nH]2)N(C(=O)[C@H](NC(=O)OC(C)(C)C)c2ccccc2)C1. The maximum Gasteiger partial charge on any atom is 0.408 e. The Bertz CT molecular complexity index is 2400. The molecule has 2 aliphatic heterocycles. The summed E-state index contributed by atoms with van der Waals surface area (Å²) in [5, 5.41) is 14.9. The minimum Gasteiger partial charge on any atom is -0.465 e. The van der Waals surface area contributed by atoms with Gasteiger partial charge in [-0.2, -0.15) is 11.8 Å². The van der Waals surface area contributed by atoms with Gasteiger partial charge in [-0.25, -0.2) is 19.6 Å². The molecule has 0 saturated carbocycles. The van der Waals surface area contributed by atoms with Gasteiger partial charge in [-0.05, 0) is 73.6 Å². The average Bonchev–Trinajstić information content (AvgIpc) is 4.11. The molecule has 0 bridgehead atoms. The second-order valence-electron chi connectivity index (χ2n) is 17.8. The van der Waals surface area contributed by atoms with Gasteiger partial charge in [0.25, 0.3) is 5.91 Å². The summed E-state index contributed by atoms with van der Waals surface area (Å²) >= 11 is 1.69. The number of thioether (sulfide) groups is 1. The molecule has 16 heteroatoms. The van der Waals surface area contributed by atoms with Crippen molar-refractivity contribution in [2.75, 3.05) is 33.1 Å². The van der Waals surface area contributed by atoms with E-state index in [0.29, 0.717) is 49.8 Å². The molecule has 4 heterocycles. The molecular formula is C48H58N8O7S. The molecule has 2 aliphatic rings. The van der Waals surface area contributed by atoms with E-state index in [1.54, 1.807) is 61.8 Å². The molecule has 6 atom stereocenters. The zero-order valence-corrected chi connectivity index (χ0v) is 38.1. The number of hydrogen-bond donors (Lipinski definition) is 5. The molecule has 0 radical (unpaired) electrons. The second kappa shape index (κ2) is 19.7. The topological polar surface area (TPSA) is 195 Å². The summed E-state index contributed by atoms with van der Waals surface area (Å²) in [5.74, 6) is 0.682. The largest absolute Gasteiger partial charge is 0.465 e. The van der Waals surface area contributed by atoms with Crippen molar-refractivity contribution in [1.29, 1.82) is 0 Å². The molecule has 5 aromatic rings. The molecule has 5 N–H and O–H groups in total. The molecule has 64 heavy (non-hydrogen) atoms. The number of aromatic nitrogens is 4. The normalized spacial score (nSPS) is 19.7. The van der Waals surface area contributed by atoms with E-state index in [2.05, 4.69) is 44.9 Å². The maximum absolute atomic E-state index is 14.4. The van der Waals surface area contributed by atoms with Gasteiger partial charge in [0.05, 0.1) is 42.5 Å². The lowest BCUT2D eigenvalue weighted by molar-refractivity contribution is -0.136. The van der Waals surface area contributed by atoms with Gasteiger partial charge in [-0.3, -0.25) is 9.59 Å². The summed E-state index contributed by atoms with van der Waals surface area (Å²) in [6.45, 7) is 10.4. The number of carbonyl (C=O) groups is 4. The number of carbonyl (C=O) groups excluding carboxylic acids is 3. The van der Waals surface area contributed by atoms with Crippen LogP contribution in [0, 0.1) is 11.8 Å². The van der Waals surface area contributed by atoms with Crippen LogP contribution in [0.4, 0.5) is 9.59 Å². The number of nitrogens with zero attached hydrogens (tertiary/aromatic N) is 4. The van der Waals surface area contributed by atoms with Crippen molar-refractivity contribution in [2.24, 2.45) is 11.8 Å². The van der Waals surface area contributed by atoms with Crippen LogP contribution in [0.1, 0.15) is 82.8 Å². The number of rotatable bonds is 14. The van der Waals surface area contributed by atoms with Crippen molar-refractivity contribution < 1.29 is 33.8 Å². The van der Waals surface area contributed by atoms with E-state index in [1.807, 2.05) is 74.7 Å². The quantitative estimate of drug-likeness (QED) is 0.0725. The summed E-state index contributed by atoms with van der Waals surface area (Å²) in [7, 11) is 1.65. The Morgan fingerprint density at radius 1 is 0.781 bits per heavy atom. The summed E-state index contributed by atoms with van der Waals surface area (Å²) in [4.78, 5) is 72.6. The van der Waals surface area contributed by atoms with Crippen molar-refractivity contribution >= 4 is 35.8 Å². The van der Waals surface area contributed by atoms with Crippen LogP contribution >= 0.6 is 11.8 Å². The van der Waals surface area contributed by atoms with Crippen LogP contribution in [0.15, 0.2) is 91.3 Å². The lowest BCUT2D eigenvalue weighted by Crippen LogP contribution is -2.51. The first-order valence-electron chi connectivity index (χ1n) is 21.6. The van der Waals surface area contributed by atoms with Crippen molar-refractivity contribution in [3.05, 3.63) is 108 Å². The number of carboxylic acid groups (broad SMARTS) is 1. The molecule has 7 rings (SSSR count). The highest BCUT2D eigenvalue weighted by Gasteiger charge is 2.43. The van der Waals surface area contributed by atoms with Gasteiger partial charge in [0, 0.05) is 31.4 Å². The highest BCUT2D eigenvalue weighted by atomic mass is 32.2. The molecule has 15 nitrogen and oxygen atoms in total. The first kappa shape index (κ1) is 45.9. The Balaban J connectivity index is 1.05. The minimum absolute atomic E-state index is 0.0693. The fraction of sp³-hybridized carbons (Fsp3) is 0.417. The van der Waals surface area contributed by atoms with Crippen molar-refractivity contribution in [3.8, 4) is 33.6 Å². The Labute approximate surface area is 378 Å². The van der Waals surface area contributed by atoms with Gasteiger partial charge < -0.3 is 45.0 Å². The van der Waals surface area contributed by atoms with E-state index in [4.69, 9.17) is 19.4 Å². The van der Waals surface area contributed by atoms with Crippen molar-refractivity contribution in [1.82, 2.24) is 40.4 Å². The fourth-order valence-electron chi connectivity index (χ4n) is 8.59. The summed E-state index contributed by atoms with van der Waals surface area (Å²) in [5.41, 5.74) is 5.47. The van der Waals surface area contributed by atoms with Crippen LogP contribution in [0.3, 0.4) is 0 Å². The van der Waals surface area contributed by atoms with E-state index in [1.165, 1.54) is 0 Å². The van der Waals surface area contributed by atoms with Crippen LogP contribution in [0.5, 0.6) is 0 Å². The van der Waals surface area contributed by atoms with E-state index in [0.717, 1.165) is 33.6 Å². The smallest absolute Gasteiger partial charge is 0.408 e. The Morgan fingerprint density at radius 3 is 1.81 bits per heavy atom. The third-order valence-corrected chi connectivity index (χ3v) is 12.8. The van der Waals surface area contributed by atoms with Gasteiger partial charge in [-0.1, -0.05) is 92.7 Å². The molecule has 2 aromatic heterocycles. The third kappa shape index (κ3) is 10.6. The van der Waals surface area contributed by atoms with Gasteiger partial charge in [0.15, 0.2) is 0 Å². The highest BCUT2D eigenvalue weighted by Crippen LogP contribution is 2.39. The monoisotopic (exact) mass is 890 g/mol. The maximum atomic E-state index is 14.4. The number of likely N-dealkylation sites (tertiary alicyclic amines) is 2. The summed E-state index contributed by atoms with van der Waals surface area (Å²) in [6.07, 6.45) is 5.04. The molecule has 0 unspecified atom stereocenters.